The highest BCUT2D eigenvalue weighted by molar-refractivity contribution is 6.19. The number of anilines is 2. The van der Waals surface area contributed by atoms with Crippen LogP contribution in [0.1, 0.15) is 67.2 Å². The molecule has 10 heteroatoms. The Morgan fingerprint density at radius 3 is 1.83 bits per heavy atom. The zero-order valence-corrected chi connectivity index (χ0v) is 33.0. The Hall–Kier alpha value is -2.64. The first kappa shape index (κ1) is 39.1. The molecule has 3 aromatic rings. The maximum atomic E-state index is 13.2. The van der Waals surface area contributed by atoms with Gasteiger partial charge in [-0.2, -0.15) is 0 Å². The summed E-state index contributed by atoms with van der Waals surface area (Å²) < 4.78 is 12.1. The van der Waals surface area contributed by atoms with Gasteiger partial charge < -0.3 is 19.3 Å². The maximum absolute atomic E-state index is 13.2. The summed E-state index contributed by atoms with van der Waals surface area (Å²) in [5.74, 6) is 3.86. The third-order valence-electron chi connectivity index (χ3n) is 11.8. The number of ether oxygens (including phenoxy) is 2. The standard InChI is InChI=1S/C42H50Cl4N2O4/c1-42-17-16-36-35-13-11-34(51-40(49)26-29-2-7-32(8-3-29)47(22-18-43)23-19-44)28-31(35)6-12-37(36)38(42)14-15-39(42)52-41(50)27-30-4-9-33(10-5-30)48(24-20-45)25-21-46/h2-5,7-11,13,28,36-39H,6,12,14-27H2,1H3/t36-,37+,38-,39-,42-/m0/s1. The van der Waals surface area contributed by atoms with Gasteiger partial charge in [0.25, 0.3) is 0 Å². The molecule has 6 rings (SSSR count). The second-order valence-corrected chi connectivity index (χ2v) is 16.3. The fourth-order valence-corrected chi connectivity index (χ4v) is 10.1. The van der Waals surface area contributed by atoms with Crippen LogP contribution in [-0.2, 0) is 33.6 Å². The van der Waals surface area contributed by atoms with Crippen LogP contribution in [0, 0.1) is 17.3 Å². The Balaban J connectivity index is 1.03. The highest BCUT2D eigenvalue weighted by atomic mass is 35.5. The van der Waals surface area contributed by atoms with Crippen LogP contribution in [0.25, 0.3) is 0 Å². The molecule has 0 radical (unpaired) electrons. The Morgan fingerprint density at radius 1 is 0.712 bits per heavy atom. The first-order valence-corrected chi connectivity index (χ1v) is 20.8. The van der Waals surface area contributed by atoms with Crippen LogP contribution in [0.15, 0.2) is 66.7 Å². The number of fused-ring (bicyclic) bond motifs is 5. The molecule has 3 aliphatic carbocycles. The summed E-state index contributed by atoms with van der Waals surface area (Å²) in [7, 11) is 0. The smallest absolute Gasteiger partial charge is 0.315 e. The normalized spacial score (nSPS) is 23.2. The largest absolute Gasteiger partial charge is 0.462 e. The van der Waals surface area contributed by atoms with E-state index in [0.29, 0.717) is 60.1 Å². The highest BCUT2D eigenvalue weighted by Crippen LogP contribution is 2.61. The second-order valence-electron chi connectivity index (χ2n) is 14.8. The quantitative estimate of drug-likeness (QED) is 0.0820. The lowest BCUT2D eigenvalue weighted by molar-refractivity contribution is -0.156. The number of halogens is 4. The fourth-order valence-electron chi connectivity index (χ4n) is 9.27. The molecule has 3 aromatic carbocycles. The van der Waals surface area contributed by atoms with E-state index >= 15 is 0 Å². The predicted molar refractivity (Wildman–Crippen MR) is 214 cm³/mol. The average molecular weight is 789 g/mol. The number of benzene rings is 3. The minimum Gasteiger partial charge on any atom is -0.462 e. The first-order chi connectivity index (χ1) is 25.3. The van der Waals surface area contributed by atoms with E-state index in [2.05, 4.69) is 28.9 Å². The van der Waals surface area contributed by atoms with E-state index in [1.54, 1.807) is 0 Å². The molecule has 0 spiro atoms. The zero-order chi connectivity index (χ0) is 36.7. The summed E-state index contributed by atoms with van der Waals surface area (Å²) in [4.78, 5) is 30.5. The van der Waals surface area contributed by atoms with Gasteiger partial charge in [0.1, 0.15) is 11.9 Å². The molecule has 52 heavy (non-hydrogen) atoms. The van der Waals surface area contributed by atoms with Crippen molar-refractivity contribution >= 4 is 69.7 Å². The zero-order valence-electron chi connectivity index (χ0n) is 30.0. The van der Waals surface area contributed by atoms with Crippen molar-refractivity contribution in [3.05, 3.63) is 89.0 Å². The van der Waals surface area contributed by atoms with E-state index in [4.69, 9.17) is 55.9 Å². The van der Waals surface area contributed by atoms with Gasteiger partial charge >= 0.3 is 11.9 Å². The summed E-state index contributed by atoms with van der Waals surface area (Å²) in [6.07, 6.45) is 6.60. The molecule has 6 nitrogen and oxygen atoms in total. The number of carbonyl (C=O) groups is 2. The lowest BCUT2D eigenvalue weighted by Crippen LogP contribution is -2.45. The number of hydrogen-bond acceptors (Lipinski definition) is 6. The molecule has 0 saturated heterocycles. The number of alkyl halides is 4. The molecule has 2 fully saturated rings. The van der Waals surface area contributed by atoms with Gasteiger partial charge in [-0.3, -0.25) is 9.59 Å². The number of aryl methyl sites for hydroxylation is 1. The van der Waals surface area contributed by atoms with E-state index in [9.17, 15) is 9.59 Å². The van der Waals surface area contributed by atoms with Crippen LogP contribution in [0.3, 0.4) is 0 Å². The van der Waals surface area contributed by atoms with E-state index in [1.807, 2.05) is 54.6 Å². The van der Waals surface area contributed by atoms with E-state index in [0.717, 1.165) is 74.1 Å². The molecule has 0 bridgehead atoms. The van der Waals surface area contributed by atoms with Gasteiger partial charge in [0, 0.05) is 66.5 Å². The highest BCUT2D eigenvalue weighted by Gasteiger charge is 2.56. The first-order valence-electron chi connectivity index (χ1n) is 18.7. The van der Waals surface area contributed by atoms with Crippen LogP contribution in [0.4, 0.5) is 11.4 Å². The van der Waals surface area contributed by atoms with E-state index in [1.165, 1.54) is 11.1 Å². The minimum atomic E-state index is -0.270. The van der Waals surface area contributed by atoms with Gasteiger partial charge in [-0.25, -0.2) is 0 Å². The van der Waals surface area contributed by atoms with Crippen molar-refractivity contribution in [2.24, 2.45) is 17.3 Å². The molecule has 0 N–H and O–H groups in total. The molecular weight excluding hydrogens is 738 g/mol. The number of hydrogen-bond donors (Lipinski definition) is 0. The van der Waals surface area contributed by atoms with Crippen LogP contribution in [-0.4, -0.2) is 67.7 Å². The Kier molecular flexibility index (Phi) is 13.6. The van der Waals surface area contributed by atoms with Crippen molar-refractivity contribution in [1.82, 2.24) is 0 Å². The molecular formula is C42H50Cl4N2O4. The van der Waals surface area contributed by atoms with Crippen LogP contribution < -0.4 is 14.5 Å². The lowest BCUT2D eigenvalue weighted by atomic mass is 9.55. The molecule has 0 amide bonds. The number of rotatable bonds is 16. The SMILES string of the molecule is C[C@]12CC[C@H]3c4ccc(OC(=O)Cc5ccc(N(CCCl)CCCl)cc5)cc4CC[C@H]3[C@@H]1CC[C@@H]2OC(=O)Cc1ccc(N(CCCl)CCCl)cc1. The predicted octanol–water partition coefficient (Wildman–Crippen LogP) is 9.41. The van der Waals surface area contributed by atoms with Gasteiger partial charge in [0.2, 0.25) is 0 Å². The van der Waals surface area contributed by atoms with Crippen LogP contribution in [0.5, 0.6) is 5.75 Å². The van der Waals surface area contributed by atoms with Crippen molar-refractivity contribution in [1.29, 1.82) is 0 Å². The van der Waals surface area contributed by atoms with Crippen molar-refractivity contribution < 1.29 is 19.1 Å². The van der Waals surface area contributed by atoms with Crippen molar-refractivity contribution in [2.45, 2.75) is 70.3 Å². The Morgan fingerprint density at radius 2 is 1.27 bits per heavy atom. The minimum absolute atomic E-state index is 0.0119. The molecule has 0 aromatic heterocycles. The Labute approximate surface area is 329 Å². The lowest BCUT2D eigenvalue weighted by Gasteiger charge is -2.50. The molecule has 0 heterocycles. The topological polar surface area (TPSA) is 59.1 Å². The molecule has 3 aliphatic rings. The third kappa shape index (κ3) is 9.00. The number of carbonyl (C=O) groups excluding carboxylic acids is 2. The van der Waals surface area contributed by atoms with Gasteiger partial charge in [-0.15, -0.1) is 46.4 Å². The monoisotopic (exact) mass is 786 g/mol. The molecule has 0 aliphatic heterocycles. The van der Waals surface area contributed by atoms with E-state index in [-0.39, 0.29) is 36.3 Å². The average Bonchev–Trinajstić information content (AvgIpc) is 3.47. The van der Waals surface area contributed by atoms with Crippen LogP contribution in [0.2, 0.25) is 0 Å². The number of esters is 2. The summed E-state index contributed by atoms with van der Waals surface area (Å²) in [6.45, 7) is 5.24. The second kappa shape index (κ2) is 18.1. The van der Waals surface area contributed by atoms with Crippen molar-refractivity contribution in [3.63, 3.8) is 0 Å². The van der Waals surface area contributed by atoms with E-state index < -0.39 is 0 Å². The van der Waals surface area contributed by atoms with Crippen LogP contribution >= 0.6 is 46.4 Å². The third-order valence-corrected chi connectivity index (χ3v) is 12.5. The summed E-state index contributed by atoms with van der Waals surface area (Å²) in [5, 5.41) is 0. The van der Waals surface area contributed by atoms with Crippen molar-refractivity contribution in [3.8, 4) is 5.75 Å². The summed E-state index contributed by atoms with van der Waals surface area (Å²) in [6, 6.07) is 22.2. The molecule has 280 valence electrons. The molecule has 2 saturated carbocycles. The van der Waals surface area contributed by atoms with Gasteiger partial charge in [-0.05, 0) is 115 Å². The van der Waals surface area contributed by atoms with Gasteiger partial charge in [0.05, 0.1) is 12.8 Å². The van der Waals surface area contributed by atoms with Crippen molar-refractivity contribution in [2.75, 3.05) is 59.5 Å². The fraction of sp³-hybridized carbons (Fsp3) is 0.524. The maximum Gasteiger partial charge on any atom is 0.315 e. The molecule has 5 atom stereocenters. The van der Waals surface area contributed by atoms with Gasteiger partial charge in [0.15, 0.2) is 0 Å². The summed E-state index contributed by atoms with van der Waals surface area (Å²) >= 11 is 23.9. The molecule has 0 unspecified atom stereocenters. The van der Waals surface area contributed by atoms with Gasteiger partial charge in [-0.1, -0.05) is 37.3 Å². The number of nitrogens with zero attached hydrogens (tertiary/aromatic N) is 2. The Bertz CT molecular complexity index is 1640. The summed E-state index contributed by atoms with van der Waals surface area (Å²) in [5.41, 5.74) is 6.62.